The lowest BCUT2D eigenvalue weighted by atomic mass is 10.1. The first-order valence-corrected chi connectivity index (χ1v) is 10.1. The van der Waals surface area contributed by atoms with Gasteiger partial charge in [-0.2, -0.15) is 0 Å². The van der Waals surface area contributed by atoms with Gasteiger partial charge in [-0.05, 0) is 41.8 Å². The van der Waals surface area contributed by atoms with Crippen LogP contribution in [0.2, 0.25) is 0 Å². The van der Waals surface area contributed by atoms with Crippen LogP contribution in [0.5, 0.6) is 0 Å². The summed E-state index contributed by atoms with van der Waals surface area (Å²) in [7, 11) is 0. The predicted octanol–water partition coefficient (Wildman–Crippen LogP) is 4.52. The minimum absolute atomic E-state index is 0.153. The zero-order valence-corrected chi connectivity index (χ0v) is 15.6. The molecule has 0 amide bonds. The van der Waals surface area contributed by atoms with Gasteiger partial charge in [0.2, 0.25) is 0 Å². The highest BCUT2D eigenvalue weighted by atomic mass is 32.1. The van der Waals surface area contributed by atoms with E-state index in [0.29, 0.717) is 10.8 Å². The molecular weight excluding hydrogens is 330 g/mol. The van der Waals surface area contributed by atoms with Crippen LogP contribution < -0.4 is 0 Å². The number of benzene rings is 1. The fraction of sp³-hybridized carbons (Fsp3) is 0.476. The van der Waals surface area contributed by atoms with E-state index in [2.05, 4.69) is 36.1 Å². The summed E-state index contributed by atoms with van der Waals surface area (Å²) in [6, 6.07) is 12.8. The van der Waals surface area contributed by atoms with E-state index in [-0.39, 0.29) is 11.6 Å². The van der Waals surface area contributed by atoms with Crippen LogP contribution in [0.25, 0.3) is 0 Å². The molecule has 1 aliphatic carbocycles. The molecule has 1 saturated heterocycles. The molecule has 1 aliphatic heterocycles. The highest BCUT2D eigenvalue weighted by molar-refractivity contribution is 7.11. The first-order chi connectivity index (χ1) is 12.2. The quantitative estimate of drug-likeness (QED) is 0.684. The molecule has 2 heterocycles. The molecule has 0 spiro atoms. The SMILES string of the molecule is CCCCc1ccc(CN2CC3CC3(OC(=O)c3cccs3)C2)cc1. The molecule has 2 atom stereocenters. The van der Waals surface area contributed by atoms with E-state index in [1.807, 2.05) is 17.5 Å². The van der Waals surface area contributed by atoms with Crippen molar-refractivity contribution in [1.82, 2.24) is 4.90 Å². The number of likely N-dealkylation sites (tertiary alicyclic amines) is 1. The van der Waals surface area contributed by atoms with Gasteiger partial charge in [-0.1, -0.05) is 43.7 Å². The second-order valence-corrected chi connectivity index (χ2v) is 8.37. The lowest BCUT2D eigenvalue weighted by molar-refractivity contribution is 0.0195. The van der Waals surface area contributed by atoms with Gasteiger partial charge in [0.05, 0.1) is 0 Å². The zero-order chi connectivity index (χ0) is 17.3. The van der Waals surface area contributed by atoms with E-state index in [1.165, 1.54) is 41.7 Å². The summed E-state index contributed by atoms with van der Waals surface area (Å²) >= 11 is 1.45. The summed E-state index contributed by atoms with van der Waals surface area (Å²) in [6.45, 7) is 5.08. The number of aryl methyl sites for hydroxylation is 1. The Morgan fingerprint density at radius 2 is 2.08 bits per heavy atom. The molecule has 1 aromatic heterocycles. The van der Waals surface area contributed by atoms with E-state index < -0.39 is 0 Å². The Bertz CT molecular complexity index is 725. The molecule has 25 heavy (non-hydrogen) atoms. The largest absolute Gasteiger partial charge is 0.453 e. The van der Waals surface area contributed by atoms with Crippen molar-refractivity contribution in [2.45, 2.75) is 44.8 Å². The Morgan fingerprint density at radius 1 is 1.28 bits per heavy atom. The fourth-order valence-electron chi connectivity index (χ4n) is 3.90. The number of ether oxygens (including phenoxy) is 1. The molecule has 0 radical (unpaired) electrons. The third-order valence-electron chi connectivity index (χ3n) is 5.41. The van der Waals surface area contributed by atoms with Crippen LogP contribution in [0, 0.1) is 5.92 Å². The third kappa shape index (κ3) is 3.65. The van der Waals surface area contributed by atoms with Gasteiger partial charge >= 0.3 is 5.97 Å². The molecule has 4 rings (SSSR count). The average molecular weight is 356 g/mol. The topological polar surface area (TPSA) is 29.5 Å². The van der Waals surface area contributed by atoms with E-state index in [0.717, 1.165) is 26.1 Å². The van der Waals surface area contributed by atoms with E-state index in [4.69, 9.17) is 4.74 Å². The van der Waals surface area contributed by atoms with Crippen molar-refractivity contribution in [3.8, 4) is 0 Å². The van der Waals surface area contributed by atoms with Crippen LogP contribution in [-0.2, 0) is 17.7 Å². The number of carbonyl (C=O) groups excluding carboxylic acids is 1. The minimum Gasteiger partial charge on any atom is -0.453 e. The van der Waals surface area contributed by atoms with Crippen molar-refractivity contribution in [2.75, 3.05) is 13.1 Å². The molecule has 0 N–H and O–H groups in total. The summed E-state index contributed by atoms with van der Waals surface area (Å²) in [5.41, 5.74) is 2.56. The Hall–Kier alpha value is -1.65. The monoisotopic (exact) mass is 355 g/mol. The molecule has 1 aromatic carbocycles. The van der Waals surface area contributed by atoms with Crippen LogP contribution in [0.1, 0.15) is 47.0 Å². The van der Waals surface area contributed by atoms with Crippen LogP contribution in [-0.4, -0.2) is 29.6 Å². The van der Waals surface area contributed by atoms with Gasteiger partial charge in [-0.15, -0.1) is 11.3 Å². The van der Waals surface area contributed by atoms with Gasteiger partial charge in [0.25, 0.3) is 0 Å². The Morgan fingerprint density at radius 3 is 2.80 bits per heavy atom. The molecule has 3 nitrogen and oxygen atoms in total. The smallest absolute Gasteiger partial charge is 0.348 e. The van der Waals surface area contributed by atoms with Crippen molar-refractivity contribution >= 4 is 17.3 Å². The first-order valence-electron chi connectivity index (χ1n) is 9.25. The predicted molar refractivity (Wildman–Crippen MR) is 101 cm³/mol. The molecule has 2 aliphatic rings. The Kier molecular flexibility index (Phi) is 4.65. The third-order valence-corrected chi connectivity index (χ3v) is 6.26. The maximum absolute atomic E-state index is 12.3. The first kappa shape index (κ1) is 16.8. The number of nitrogens with zero attached hydrogens (tertiary/aromatic N) is 1. The molecule has 2 unspecified atom stereocenters. The second-order valence-electron chi connectivity index (χ2n) is 7.42. The van der Waals surface area contributed by atoms with Gasteiger partial charge in [-0.3, -0.25) is 4.90 Å². The summed E-state index contributed by atoms with van der Waals surface area (Å²) in [5.74, 6) is 0.361. The number of carbonyl (C=O) groups is 1. The average Bonchev–Trinajstić information content (AvgIpc) is 2.99. The maximum Gasteiger partial charge on any atom is 0.348 e. The second kappa shape index (κ2) is 6.93. The van der Waals surface area contributed by atoms with E-state index >= 15 is 0 Å². The lowest BCUT2D eigenvalue weighted by Gasteiger charge is -2.21. The van der Waals surface area contributed by atoms with Gasteiger partial charge in [0.15, 0.2) is 0 Å². The number of hydrogen-bond donors (Lipinski definition) is 0. The minimum atomic E-state index is -0.220. The lowest BCUT2D eigenvalue weighted by Crippen LogP contribution is -2.30. The molecule has 132 valence electrons. The highest BCUT2D eigenvalue weighted by Crippen LogP contribution is 2.53. The maximum atomic E-state index is 12.3. The summed E-state index contributed by atoms with van der Waals surface area (Å²) in [6.07, 6.45) is 4.69. The molecule has 4 heteroatoms. The number of fused-ring (bicyclic) bond motifs is 1. The number of rotatable bonds is 7. The summed E-state index contributed by atoms with van der Waals surface area (Å²) in [4.78, 5) is 15.4. The van der Waals surface area contributed by atoms with E-state index in [1.54, 1.807) is 0 Å². The van der Waals surface area contributed by atoms with Crippen molar-refractivity contribution in [3.63, 3.8) is 0 Å². The number of hydrogen-bond acceptors (Lipinski definition) is 4. The van der Waals surface area contributed by atoms with Crippen molar-refractivity contribution in [1.29, 1.82) is 0 Å². The normalized spacial score (nSPS) is 24.9. The molecule has 1 saturated carbocycles. The van der Waals surface area contributed by atoms with Crippen LogP contribution in [0.3, 0.4) is 0 Å². The number of unbranched alkanes of at least 4 members (excludes halogenated alkanes) is 1. The van der Waals surface area contributed by atoms with Crippen LogP contribution in [0.15, 0.2) is 41.8 Å². The molecule has 2 aromatic rings. The van der Waals surface area contributed by atoms with Crippen molar-refractivity contribution in [2.24, 2.45) is 5.92 Å². The van der Waals surface area contributed by atoms with Crippen molar-refractivity contribution < 1.29 is 9.53 Å². The van der Waals surface area contributed by atoms with Gasteiger partial charge in [-0.25, -0.2) is 4.79 Å². The number of piperidine rings is 1. The van der Waals surface area contributed by atoms with Crippen LogP contribution >= 0.6 is 11.3 Å². The standard InChI is InChI=1S/C21H25NO2S/c1-2-3-5-16-7-9-17(10-8-16)13-22-14-18-12-21(18,15-22)24-20(23)19-6-4-11-25-19/h4,6-11,18H,2-3,5,12-15H2,1H3. The Labute approximate surface area is 153 Å². The van der Waals surface area contributed by atoms with Gasteiger partial charge in [0.1, 0.15) is 10.5 Å². The zero-order valence-electron chi connectivity index (χ0n) is 14.7. The summed E-state index contributed by atoms with van der Waals surface area (Å²) in [5, 5.41) is 1.92. The van der Waals surface area contributed by atoms with Gasteiger partial charge < -0.3 is 4.74 Å². The number of esters is 1. The Balaban J connectivity index is 1.32. The summed E-state index contributed by atoms with van der Waals surface area (Å²) < 4.78 is 5.88. The fourth-order valence-corrected chi connectivity index (χ4v) is 4.49. The number of thiophene rings is 1. The van der Waals surface area contributed by atoms with Crippen molar-refractivity contribution in [3.05, 3.63) is 57.8 Å². The molecule has 0 bridgehead atoms. The molecular formula is C21H25NO2S. The van der Waals surface area contributed by atoms with E-state index in [9.17, 15) is 4.79 Å². The van der Waals surface area contributed by atoms with Gasteiger partial charge in [0, 0.05) is 25.6 Å². The van der Waals surface area contributed by atoms with Crippen LogP contribution in [0.4, 0.5) is 0 Å². The highest BCUT2D eigenvalue weighted by Gasteiger charge is 2.63. The molecule has 2 fully saturated rings.